The van der Waals surface area contributed by atoms with E-state index in [0.29, 0.717) is 32.2 Å². The number of rotatable bonds is 6. The molecule has 0 radical (unpaired) electrons. The van der Waals surface area contributed by atoms with Gasteiger partial charge in [-0.05, 0) is 24.5 Å². The normalized spacial score (nSPS) is 17.0. The number of nitrogens with one attached hydrogen (secondary N) is 1. The maximum atomic E-state index is 13.2. The number of hydrogen-bond donors (Lipinski definition) is 2. The summed E-state index contributed by atoms with van der Waals surface area (Å²) >= 11 is 0. The fourth-order valence-electron chi connectivity index (χ4n) is 3.67. The summed E-state index contributed by atoms with van der Waals surface area (Å²) < 4.78 is 26.5. The molecule has 9 heteroatoms. The third kappa shape index (κ3) is 5.17. The highest BCUT2D eigenvalue weighted by atomic mass is 19.1. The SMILES string of the molecule is CCC(c1ccc(C(C)Nc2nc(F)cc(F)n2)cc1)N1CCN(C(=O)O)CC1. The molecule has 1 aromatic heterocycles. The molecule has 0 bridgehead atoms. The van der Waals surface area contributed by atoms with E-state index in [0.717, 1.165) is 17.5 Å². The Hall–Kier alpha value is -2.81. The molecule has 1 amide bonds. The highest BCUT2D eigenvalue weighted by molar-refractivity contribution is 5.65. The predicted octanol–water partition coefficient (Wildman–Crippen LogP) is 3.67. The first-order valence-electron chi connectivity index (χ1n) is 9.65. The molecule has 2 aromatic rings. The van der Waals surface area contributed by atoms with Crippen molar-refractivity contribution in [2.24, 2.45) is 0 Å². The van der Waals surface area contributed by atoms with Crippen LogP contribution < -0.4 is 5.32 Å². The number of aromatic nitrogens is 2. The minimum absolute atomic E-state index is 0.0955. The second-order valence-corrected chi connectivity index (χ2v) is 7.10. The zero-order valence-electron chi connectivity index (χ0n) is 16.5. The van der Waals surface area contributed by atoms with Crippen molar-refractivity contribution in [2.45, 2.75) is 32.4 Å². The summed E-state index contributed by atoms with van der Waals surface area (Å²) in [6, 6.07) is 8.63. The smallest absolute Gasteiger partial charge is 0.407 e. The van der Waals surface area contributed by atoms with E-state index in [2.05, 4.69) is 27.1 Å². The average molecular weight is 405 g/mol. The molecule has 3 rings (SSSR count). The summed E-state index contributed by atoms with van der Waals surface area (Å²) in [5, 5.41) is 12.0. The number of hydrogen-bond acceptors (Lipinski definition) is 5. The molecule has 7 nitrogen and oxygen atoms in total. The van der Waals surface area contributed by atoms with Crippen molar-refractivity contribution in [2.75, 3.05) is 31.5 Å². The van der Waals surface area contributed by atoms with Gasteiger partial charge in [-0.25, -0.2) is 4.79 Å². The summed E-state index contributed by atoms with van der Waals surface area (Å²) in [7, 11) is 0. The molecule has 1 aliphatic heterocycles. The van der Waals surface area contributed by atoms with Crippen LogP contribution in [0.3, 0.4) is 0 Å². The lowest BCUT2D eigenvalue weighted by Gasteiger charge is -2.38. The van der Waals surface area contributed by atoms with Crippen LogP contribution in [0, 0.1) is 11.9 Å². The van der Waals surface area contributed by atoms with E-state index in [1.807, 2.05) is 31.2 Å². The van der Waals surface area contributed by atoms with Crippen LogP contribution in [0.5, 0.6) is 0 Å². The molecular weight excluding hydrogens is 380 g/mol. The topological polar surface area (TPSA) is 81.6 Å². The second kappa shape index (κ2) is 9.13. The van der Waals surface area contributed by atoms with Gasteiger partial charge in [0.2, 0.25) is 17.8 Å². The molecule has 0 spiro atoms. The predicted molar refractivity (Wildman–Crippen MR) is 105 cm³/mol. The van der Waals surface area contributed by atoms with Gasteiger partial charge in [0.05, 0.1) is 6.04 Å². The molecule has 2 heterocycles. The van der Waals surface area contributed by atoms with Gasteiger partial charge in [-0.1, -0.05) is 31.2 Å². The Balaban J connectivity index is 1.65. The number of piperazine rings is 1. The Labute approximate surface area is 168 Å². The van der Waals surface area contributed by atoms with Gasteiger partial charge in [-0.3, -0.25) is 4.90 Å². The number of carboxylic acid groups (broad SMARTS) is 1. The van der Waals surface area contributed by atoms with Gasteiger partial charge >= 0.3 is 6.09 Å². The molecule has 0 saturated carbocycles. The van der Waals surface area contributed by atoms with Crippen LogP contribution in [0.1, 0.15) is 43.5 Å². The third-order valence-electron chi connectivity index (χ3n) is 5.24. The van der Waals surface area contributed by atoms with E-state index in [4.69, 9.17) is 5.11 Å². The summed E-state index contributed by atoms with van der Waals surface area (Å²) in [6.45, 7) is 6.40. The lowest BCUT2D eigenvalue weighted by Crippen LogP contribution is -2.49. The van der Waals surface area contributed by atoms with Crippen LogP contribution in [0.25, 0.3) is 0 Å². The fraction of sp³-hybridized carbons (Fsp3) is 0.450. The number of carbonyl (C=O) groups is 1. The minimum atomic E-state index is -0.920. The Morgan fingerprint density at radius 3 is 2.17 bits per heavy atom. The van der Waals surface area contributed by atoms with Crippen molar-refractivity contribution in [1.29, 1.82) is 0 Å². The van der Waals surface area contributed by atoms with Crippen LogP contribution in [0.15, 0.2) is 30.3 Å². The molecule has 2 atom stereocenters. The molecule has 29 heavy (non-hydrogen) atoms. The number of benzene rings is 1. The Bertz CT molecular complexity index is 821. The van der Waals surface area contributed by atoms with E-state index in [1.54, 1.807) is 0 Å². The van der Waals surface area contributed by atoms with E-state index in [1.165, 1.54) is 4.90 Å². The van der Waals surface area contributed by atoms with Crippen molar-refractivity contribution < 1.29 is 18.7 Å². The van der Waals surface area contributed by atoms with E-state index < -0.39 is 18.0 Å². The van der Waals surface area contributed by atoms with Crippen LogP contribution in [-0.4, -0.2) is 57.1 Å². The fourth-order valence-corrected chi connectivity index (χ4v) is 3.67. The minimum Gasteiger partial charge on any atom is -0.465 e. The van der Waals surface area contributed by atoms with E-state index >= 15 is 0 Å². The molecular formula is C20H25F2N5O2. The number of halogens is 2. The maximum absolute atomic E-state index is 13.2. The van der Waals surface area contributed by atoms with Crippen molar-refractivity contribution in [1.82, 2.24) is 19.8 Å². The molecule has 1 fully saturated rings. The molecule has 2 N–H and O–H groups in total. The molecule has 1 aliphatic rings. The van der Waals surface area contributed by atoms with Gasteiger partial charge < -0.3 is 15.3 Å². The monoisotopic (exact) mass is 405 g/mol. The standard InChI is InChI=1S/C20H25F2N5O2/c1-3-16(26-8-10-27(11-9-26)20(28)29)15-6-4-14(5-7-15)13(2)23-19-24-17(21)12-18(22)25-19/h4-7,12-13,16H,3,8-11H2,1-2H3,(H,28,29)(H,23,24,25). The quantitative estimate of drug-likeness (QED) is 0.714. The van der Waals surface area contributed by atoms with Gasteiger partial charge in [-0.15, -0.1) is 0 Å². The molecule has 1 aromatic carbocycles. The van der Waals surface area contributed by atoms with Gasteiger partial charge in [0.1, 0.15) is 0 Å². The van der Waals surface area contributed by atoms with Crippen LogP contribution in [0.4, 0.5) is 19.5 Å². The lowest BCUT2D eigenvalue weighted by atomic mass is 9.98. The highest BCUT2D eigenvalue weighted by Gasteiger charge is 2.26. The number of nitrogens with zero attached hydrogens (tertiary/aromatic N) is 4. The van der Waals surface area contributed by atoms with Crippen molar-refractivity contribution in [3.8, 4) is 0 Å². The molecule has 156 valence electrons. The molecule has 1 saturated heterocycles. The summed E-state index contributed by atoms with van der Waals surface area (Å²) in [6.07, 6.45) is 0.0436. The highest BCUT2D eigenvalue weighted by Crippen LogP contribution is 2.27. The largest absolute Gasteiger partial charge is 0.465 e. The average Bonchev–Trinajstić information content (AvgIpc) is 2.68. The summed E-state index contributed by atoms with van der Waals surface area (Å²) in [5.74, 6) is -1.94. The van der Waals surface area contributed by atoms with Gasteiger partial charge in [0.15, 0.2) is 0 Å². The number of amides is 1. The maximum Gasteiger partial charge on any atom is 0.407 e. The van der Waals surface area contributed by atoms with Gasteiger partial charge in [0, 0.05) is 38.3 Å². The zero-order valence-corrected chi connectivity index (χ0v) is 16.5. The van der Waals surface area contributed by atoms with Gasteiger partial charge in [0.25, 0.3) is 0 Å². The third-order valence-corrected chi connectivity index (χ3v) is 5.24. The van der Waals surface area contributed by atoms with Gasteiger partial charge in [-0.2, -0.15) is 18.7 Å². The first kappa shape index (κ1) is 20.9. The van der Waals surface area contributed by atoms with Crippen LogP contribution >= 0.6 is 0 Å². The van der Waals surface area contributed by atoms with Crippen molar-refractivity contribution >= 4 is 12.0 Å². The van der Waals surface area contributed by atoms with E-state index in [-0.39, 0.29) is 18.0 Å². The Morgan fingerprint density at radius 1 is 1.10 bits per heavy atom. The number of anilines is 1. The van der Waals surface area contributed by atoms with Crippen LogP contribution in [0.2, 0.25) is 0 Å². The van der Waals surface area contributed by atoms with E-state index in [9.17, 15) is 13.6 Å². The summed E-state index contributed by atoms with van der Waals surface area (Å²) in [4.78, 5) is 22.0. The van der Waals surface area contributed by atoms with Crippen molar-refractivity contribution in [3.05, 3.63) is 53.4 Å². The Morgan fingerprint density at radius 2 is 1.66 bits per heavy atom. The van der Waals surface area contributed by atoms with Crippen molar-refractivity contribution in [3.63, 3.8) is 0 Å². The summed E-state index contributed by atoms with van der Waals surface area (Å²) in [5.41, 5.74) is 2.09. The first-order valence-corrected chi connectivity index (χ1v) is 9.65. The van der Waals surface area contributed by atoms with Crippen LogP contribution in [-0.2, 0) is 0 Å². The Kier molecular flexibility index (Phi) is 6.58. The molecule has 2 unspecified atom stereocenters. The first-order chi connectivity index (χ1) is 13.9. The molecule has 0 aliphatic carbocycles. The lowest BCUT2D eigenvalue weighted by molar-refractivity contribution is 0.0835. The second-order valence-electron chi connectivity index (χ2n) is 7.10. The zero-order chi connectivity index (χ0) is 21.0.